The Morgan fingerprint density at radius 1 is 1.03 bits per heavy atom. The number of carbonyl (C=O) groups excluding carboxylic acids is 1. The summed E-state index contributed by atoms with van der Waals surface area (Å²) in [4.78, 5) is 21.3. The van der Waals surface area contributed by atoms with Crippen LogP contribution in [-0.2, 0) is 4.79 Å². The maximum atomic E-state index is 11.7. The lowest BCUT2D eigenvalue weighted by Gasteiger charge is -2.38. The van der Waals surface area contributed by atoms with E-state index in [1.807, 2.05) is 18.5 Å². The largest absolute Gasteiger partial charge is 0.369 e. The number of ketones is 1. The number of imidazole rings is 1. The molecule has 1 fully saturated rings. The van der Waals surface area contributed by atoms with Crippen molar-refractivity contribution in [2.75, 3.05) is 36.4 Å². The van der Waals surface area contributed by atoms with Gasteiger partial charge < -0.3 is 10.2 Å². The molecule has 170 valence electrons. The van der Waals surface area contributed by atoms with Gasteiger partial charge in [-0.05, 0) is 80.8 Å². The van der Waals surface area contributed by atoms with Crippen molar-refractivity contribution in [3.8, 4) is 0 Å². The minimum Gasteiger partial charge on any atom is -0.369 e. The highest BCUT2D eigenvalue weighted by atomic mass is 16.1. The highest BCUT2D eigenvalue weighted by molar-refractivity contribution is 5.99. The van der Waals surface area contributed by atoms with E-state index >= 15 is 0 Å². The minimum atomic E-state index is 0.131. The molecule has 1 aromatic carbocycles. The highest BCUT2D eigenvalue weighted by Crippen LogP contribution is 2.31. The molecule has 1 aliphatic carbocycles. The molecule has 1 aliphatic heterocycles. The molecule has 0 radical (unpaired) electrons. The number of aromatic nitrogens is 2. The molecule has 6 nitrogen and oxygen atoms in total. The number of hydrogen-bond acceptors (Lipinski definition) is 5. The summed E-state index contributed by atoms with van der Waals surface area (Å²) in [6.07, 6.45) is 8.58. The first-order valence-corrected chi connectivity index (χ1v) is 11.7. The molecule has 2 aliphatic rings. The van der Waals surface area contributed by atoms with Crippen LogP contribution in [-0.4, -0.2) is 52.3 Å². The molecular weight excluding hydrogens is 410 g/mol. The molecular formula is C27H31N5O. The average Bonchev–Trinajstić information content (AvgIpc) is 3.51. The molecule has 1 saturated heterocycles. The van der Waals surface area contributed by atoms with E-state index in [0.717, 1.165) is 60.0 Å². The lowest BCUT2D eigenvalue weighted by atomic mass is 10.1. The second-order valence-electron chi connectivity index (χ2n) is 9.13. The van der Waals surface area contributed by atoms with Gasteiger partial charge in [0.05, 0.1) is 11.4 Å². The molecule has 33 heavy (non-hydrogen) atoms. The third-order valence-electron chi connectivity index (χ3n) is 6.72. The number of carbonyl (C=O) groups is 1. The Hall–Kier alpha value is -3.38. The van der Waals surface area contributed by atoms with Crippen molar-refractivity contribution in [3.63, 3.8) is 0 Å². The highest BCUT2D eigenvalue weighted by Gasteiger charge is 2.19. The van der Waals surface area contributed by atoms with Gasteiger partial charge in [-0.2, -0.15) is 0 Å². The van der Waals surface area contributed by atoms with Crippen LogP contribution in [0.3, 0.4) is 0 Å². The van der Waals surface area contributed by atoms with Crippen LogP contribution < -0.4 is 10.2 Å². The minimum absolute atomic E-state index is 0.131. The van der Waals surface area contributed by atoms with Crippen LogP contribution in [0.25, 0.3) is 11.2 Å². The summed E-state index contributed by atoms with van der Waals surface area (Å²) in [5.74, 6) is 0.131. The van der Waals surface area contributed by atoms with Crippen molar-refractivity contribution in [1.82, 2.24) is 14.3 Å². The van der Waals surface area contributed by atoms with E-state index in [9.17, 15) is 4.79 Å². The first kappa shape index (κ1) is 21.5. The number of pyridine rings is 1. The molecule has 5 rings (SSSR count). The summed E-state index contributed by atoms with van der Waals surface area (Å²) in [7, 11) is 0. The second kappa shape index (κ2) is 8.87. The van der Waals surface area contributed by atoms with E-state index in [-0.39, 0.29) is 5.78 Å². The summed E-state index contributed by atoms with van der Waals surface area (Å²) in [6, 6.07) is 13.4. The Bertz CT molecular complexity index is 1230. The molecule has 3 aromatic rings. The summed E-state index contributed by atoms with van der Waals surface area (Å²) < 4.78 is 2.08. The summed E-state index contributed by atoms with van der Waals surface area (Å²) in [5, 5.41) is 3.53. The van der Waals surface area contributed by atoms with Crippen molar-refractivity contribution < 1.29 is 4.79 Å². The van der Waals surface area contributed by atoms with Crippen LogP contribution >= 0.6 is 0 Å². The van der Waals surface area contributed by atoms with Crippen LogP contribution in [0.1, 0.15) is 32.9 Å². The molecule has 0 atom stereocenters. The Labute approximate surface area is 195 Å². The Balaban J connectivity index is 1.32. The van der Waals surface area contributed by atoms with Gasteiger partial charge in [0.1, 0.15) is 0 Å². The molecule has 1 N–H and O–H groups in total. The number of piperazine rings is 1. The fourth-order valence-electron chi connectivity index (χ4n) is 4.70. The average molecular weight is 442 g/mol. The van der Waals surface area contributed by atoms with Gasteiger partial charge in [0.2, 0.25) is 0 Å². The zero-order valence-corrected chi connectivity index (χ0v) is 19.6. The first-order chi connectivity index (χ1) is 16.0. The zero-order valence-electron chi connectivity index (χ0n) is 19.6. The van der Waals surface area contributed by atoms with Gasteiger partial charge in [0.25, 0.3) is 0 Å². The molecule has 0 saturated carbocycles. The Kier molecular flexibility index (Phi) is 5.77. The first-order valence-electron chi connectivity index (χ1n) is 11.7. The number of benzene rings is 1. The number of fused-ring (bicyclic) bond motifs is 1. The second-order valence-corrected chi connectivity index (χ2v) is 9.13. The van der Waals surface area contributed by atoms with Crippen LogP contribution in [0, 0.1) is 0 Å². The number of allylic oxidation sites excluding steroid dienone is 4. The van der Waals surface area contributed by atoms with E-state index in [2.05, 4.69) is 80.8 Å². The van der Waals surface area contributed by atoms with E-state index in [0.29, 0.717) is 12.5 Å². The van der Waals surface area contributed by atoms with Crippen LogP contribution in [0.5, 0.6) is 0 Å². The van der Waals surface area contributed by atoms with Crippen LogP contribution in [0.15, 0.2) is 66.5 Å². The zero-order chi connectivity index (χ0) is 22.9. The quantitative estimate of drug-likeness (QED) is 0.589. The lowest BCUT2D eigenvalue weighted by Crippen LogP contribution is -2.48. The Morgan fingerprint density at radius 2 is 1.79 bits per heavy atom. The molecule has 3 heterocycles. The smallest absolute Gasteiger partial charge is 0.161 e. The van der Waals surface area contributed by atoms with Crippen molar-refractivity contribution >= 4 is 34.1 Å². The third kappa shape index (κ3) is 4.31. The van der Waals surface area contributed by atoms with E-state index < -0.39 is 0 Å². The van der Waals surface area contributed by atoms with Gasteiger partial charge in [-0.3, -0.25) is 14.1 Å². The van der Waals surface area contributed by atoms with Gasteiger partial charge >= 0.3 is 0 Å². The SMILES string of the molecule is CC(=O)C1=CC(c2ccc(Nc3ccc(N4CCN(C(C)C)CC4)cc3)c3nccn23)=CC1. The summed E-state index contributed by atoms with van der Waals surface area (Å²) in [5.41, 5.74) is 7.09. The molecule has 0 amide bonds. The van der Waals surface area contributed by atoms with Crippen molar-refractivity contribution in [1.29, 1.82) is 0 Å². The van der Waals surface area contributed by atoms with Crippen molar-refractivity contribution in [2.45, 2.75) is 33.2 Å². The fraction of sp³-hybridized carbons (Fsp3) is 0.333. The summed E-state index contributed by atoms with van der Waals surface area (Å²) in [6.45, 7) is 10.5. The van der Waals surface area contributed by atoms with Gasteiger partial charge in [-0.15, -0.1) is 0 Å². The monoisotopic (exact) mass is 441 g/mol. The topological polar surface area (TPSA) is 52.9 Å². The number of rotatable bonds is 6. The fourth-order valence-corrected chi connectivity index (χ4v) is 4.70. The molecule has 0 unspecified atom stereocenters. The summed E-state index contributed by atoms with van der Waals surface area (Å²) >= 11 is 0. The van der Waals surface area contributed by atoms with Gasteiger partial charge in [0, 0.05) is 56.0 Å². The standard InChI is InChI=1S/C27H31N5O/c1-19(2)30-14-16-31(17-15-30)24-8-6-23(7-9-24)29-25-10-11-26(32-13-12-28-27(25)32)22-5-4-21(18-22)20(3)33/h5-13,18-19,29H,4,14-17H2,1-3H3. The molecule has 0 bridgehead atoms. The lowest BCUT2D eigenvalue weighted by molar-refractivity contribution is -0.113. The maximum absolute atomic E-state index is 11.7. The third-order valence-corrected chi connectivity index (χ3v) is 6.72. The van der Waals surface area contributed by atoms with Gasteiger partial charge in [-0.25, -0.2) is 4.98 Å². The van der Waals surface area contributed by atoms with E-state index in [4.69, 9.17) is 0 Å². The molecule has 6 heteroatoms. The number of Topliss-reactive ketones (excluding diaryl/α,β-unsaturated/α-hetero) is 1. The van der Waals surface area contributed by atoms with Crippen molar-refractivity contribution in [2.24, 2.45) is 0 Å². The van der Waals surface area contributed by atoms with E-state index in [1.54, 1.807) is 6.92 Å². The maximum Gasteiger partial charge on any atom is 0.161 e. The molecule has 0 spiro atoms. The number of hydrogen-bond donors (Lipinski definition) is 1. The number of nitrogens with zero attached hydrogens (tertiary/aromatic N) is 4. The van der Waals surface area contributed by atoms with Crippen molar-refractivity contribution in [3.05, 3.63) is 72.2 Å². The number of anilines is 3. The van der Waals surface area contributed by atoms with Gasteiger partial charge in [-0.1, -0.05) is 6.08 Å². The number of nitrogens with one attached hydrogen (secondary N) is 1. The van der Waals surface area contributed by atoms with E-state index in [1.165, 1.54) is 5.69 Å². The Morgan fingerprint density at radius 3 is 2.45 bits per heavy atom. The van der Waals surface area contributed by atoms with Gasteiger partial charge in [0.15, 0.2) is 11.4 Å². The van der Waals surface area contributed by atoms with Crippen LogP contribution in [0.2, 0.25) is 0 Å². The predicted octanol–water partition coefficient (Wildman–Crippen LogP) is 4.91. The van der Waals surface area contributed by atoms with Crippen LogP contribution in [0.4, 0.5) is 17.1 Å². The normalized spacial score (nSPS) is 16.9. The molecule has 2 aromatic heterocycles. The predicted molar refractivity (Wildman–Crippen MR) is 135 cm³/mol.